The molecule has 26 heavy (non-hydrogen) atoms. The number of hydrogen-bond acceptors (Lipinski definition) is 2. The molecule has 0 bridgehead atoms. The molecule has 1 atom stereocenters. The van der Waals surface area contributed by atoms with Crippen LogP contribution >= 0.6 is 0 Å². The highest BCUT2D eigenvalue weighted by atomic mass is 16.2. The number of nitrogens with zero attached hydrogens (tertiary/aromatic N) is 2. The van der Waals surface area contributed by atoms with Crippen molar-refractivity contribution in [2.24, 2.45) is 0 Å². The fourth-order valence-electron chi connectivity index (χ4n) is 4.05. The molecule has 4 nitrogen and oxygen atoms in total. The number of rotatable bonds is 3. The molecule has 2 aliphatic rings. The summed E-state index contributed by atoms with van der Waals surface area (Å²) in [5.41, 5.74) is 3.02. The van der Waals surface area contributed by atoms with Gasteiger partial charge in [-0.15, -0.1) is 0 Å². The lowest BCUT2D eigenvalue weighted by Crippen LogP contribution is -2.49. The molecule has 4 rings (SSSR count). The normalized spacial score (nSPS) is 20.0. The Hall–Kier alpha value is -2.62. The van der Waals surface area contributed by atoms with E-state index in [0.717, 1.165) is 42.6 Å². The van der Waals surface area contributed by atoms with Gasteiger partial charge in [0.25, 0.3) is 0 Å². The van der Waals surface area contributed by atoms with Gasteiger partial charge in [-0.05, 0) is 36.0 Å². The SMILES string of the molecule is O=C(C1c2ccccc2CC(=O)N1Cc1ccccc1)N1CCCCC1. The van der Waals surface area contributed by atoms with Crippen molar-refractivity contribution in [3.8, 4) is 0 Å². The minimum Gasteiger partial charge on any atom is -0.341 e. The van der Waals surface area contributed by atoms with Gasteiger partial charge in [0.15, 0.2) is 0 Å². The van der Waals surface area contributed by atoms with Gasteiger partial charge in [-0.2, -0.15) is 0 Å². The predicted octanol–water partition coefficient (Wildman–Crippen LogP) is 3.33. The molecule has 1 saturated heterocycles. The van der Waals surface area contributed by atoms with Gasteiger partial charge in [0.1, 0.15) is 6.04 Å². The molecular formula is C22H24N2O2. The Kier molecular flexibility index (Phi) is 4.74. The second-order valence-corrected chi connectivity index (χ2v) is 7.17. The van der Waals surface area contributed by atoms with Gasteiger partial charge in [0.05, 0.1) is 6.42 Å². The molecule has 4 heteroatoms. The molecule has 2 aromatic carbocycles. The van der Waals surface area contributed by atoms with E-state index in [1.54, 1.807) is 4.90 Å². The zero-order valence-electron chi connectivity index (χ0n) is 14.9. The second-order valence-electron chi connectivity index (χ2n) is 7.17. The number of carbonyl (C=O) groups is 2. The molecule has 0 radical (unpaired) electrons. The van der Waals surface area contributed by atoms with Crippen LogP contribution in [0.15, 0.2) is 54.6 Å². The third-order valence-corrected chi connectivity index (χ3v) is 5.42. The molecule has 0 spiro atoms. The zero-order chi connectivity index (χ0) is 17.9. The van der Waals surface area contributed by atoms with Gasteiger partial charge in [-0.3, -0.25) is 9.59 Å². The average molecular weight is 348 g/mol. The number of fused-ring (bicyclic) bond motifs is 1. The van der Waals surface area contributed by atoms with Crippen LogP contribution < -0.4 is 0 Å². The fraction of sp³-hybridized carbons (Fsp3) is 0.364. The summed E-state index contributed by atoms with van der Waals surface area (Å²) in [6.45, 7) is 2.06. The van der Waals surface area contributed by atoms with Crippen LogP contribution in [0, 0.1) is 0 Å². The summed E-state index contributed by atoms with van der Waals surface area (Å²) in [6, 6.07) is 17.3. The standard InChI is InChI=1S/C22H24N2O2/c25-20-15-18-11-5-6-12-19(18)21(22(26)23-13-7-2-8-14-23)24(20)16-17-9-3-1-4-10-17/h1,3-6,9-12,21H,2,7-8,13-16H2. The van der Waals surface area contributed by atoms with Crippen molar-refractivity contribution < 1.29 is 9.59 Å². The van der Waals surface area contributed by atoms with Crippen LogP contribution in [0.4, 0.5) is 0 Å². The van der Waals surface area contributed by atoms with Crippen molar-refractivity contribution in [2.45, 2.75) is 38.3 Å². The van der Waals surface area contributed by atoms with Crippen molar-refractivity contribution in [1.82, 2.24) is 9.80 Å². The minimum absolute atomic E-state index is 0.0305. The highest BCUT2D eigenvalue weighted by molar-refractivity contribution is 5.92. The van der Waals surface area contributed by atoms with Gasteiger partial charge in [-0.1, -0.05) is 54.6 Å². The summed E-state index contributed by atoms with van der Waals surface area (Å²) >= 11 is 0. The van der Waals surface area contributed by atoms with Crippen molar-refractivity contribution >= 4 is 11.8 Å². The first-order chi connectivity index (χ1) is 12.7. The molecule has 0 aromatic heterocycles. The summed E-state index contributed by atoms with van der Waals surface area (Å²) < 4.78 is 0. The molecule has 2 heterocycles. The van der Waals surface area contributed by atoms with Gasteiger partial charge >= 0.3 is 0 Å². The van der Waals surface area contributed by atoms with E-state index >= 15 is 0 Å². The second kappa shape index (κ2) is 7.32. The summed E-state index contributed by atoms with van der Waals surface area (Å²) in [5, 5.41) is 0. The lowest BCUT2D eigenvalue weighted by Gasteiger charge is -2.40. The molecule has 1 unspecified atom stereocenters. The van der Waals surface area contributed by atoms with E-state index < -0.39 is 6.04 Å². The Morgan fingerprint density at radius 1 is 0.923 bits per heavy atom. The van der Waals surface area contributed by atoms with Crippen LogP contribution in [0.5, 0.6) is 0 Å². The van der Waals surface area contributed by atoms with Crippen molar-refractivity contribution in [3.63, 3.8) is 0 Å². The summed E-state index contributed by atoms with van der Waals surface area (Å²) in [4.78, 5) is 30.0. The molecule has 0 saturated carbocycles. The molecule has 2 aliphatic heterocycles. The maximum Gasteiger partial charge on any atom is 0.250 e. The summed E-state index contributed by atoms with van der Waals surface area (Å²) in [5.74, 6) is 0.101. The topological polar surface area (TPSA) is 40.6 Å². The number of benzene rings is 2. The zero-order valence-corrected chi connectivity index (χ0v) is 14.9. The third kappa shape index (κ3) is 3.24. The third-order valence-electron chi connectivity index (χ3n) is 5.42. The maximum atomic E-state index is 13.4. The first kappa shape index (κ1) is 16.8. The van der Waals surface area contributed by atoms with Crippen molar-refractivity contribution in [1.29, 1.82) is 0 Å². The quantitative estimate of drug-likeness (QED) is 0.854. The van der Waals surface area contributed by atoms with Crippen LogP contribution in [0.25, 0.3) is 0 Å². The summed E-state index contributed by atoms with van der Waals surface area (Å²) in [6.07, 6.45) is 3.64. The molecule has 134 valence electrons. The molecule has 0 aliphatic carbocycles. The van der Waals surface area contributed by atoms with Gasteiger partial charge < -0.3 is 9.80 Å². The van der Waals surface area contributed by atoms with Crippen LogP contribution in [-0.2, 0) is 22.6 Å². The van der Waals surface area contributed by atoms with E-state index in [0.29, 0.717) is 13.0 Å². The van der Waals surface area contributed by atoms with Gasteiger partial charge in [0.2, 0.25) is 11.8 Å². The molecular weight excluding hydrogens is 324 g/mol. The van der Waals surface area contributed by atoms with E-state index in [-0.39, 0.29) is 11.8 Å². The highest BCUT2D eigenvalue weighted by Gasteiger charge is 2.39. The van der Waals surface area contributed by atoms with E-state index in [9.17, 15) is 9.59 Å². The number of carbonyl (C=O) groups excluding carboxylic acids is 2. The lowest BCUT2D eigenvalue weighted by molar-refractivity contribution is -0.148. The number of piperidine rings is 1. The van der Waals surface area contributed by atoms with Crippen molar-refractivity contribution in [3.05, 3.63) is 71.3 Å². The first-order valence-electron chi connectivity index (χ1n) is 9.44. The average Bonchev–Trinajstić information content (AvgIpc) is 2.69. The van der Waals surface area contributed by atoms with E-state index in [2.05, 4.69) is 0 Å². The lowest BCUT2D eigenvalue weighted by atomic mass is 9.90. The Balaban J connectivity index is 1.70. The number of likely N-dealkylation sites (tertiary alicyclic amines) is 1. The maximum absolute atomic E-state index is 13.4. The monoisotopic (exact) mass is 348 g/mol. The van der Waals surface area contributed by atoms with E-state index in [1.807, 2.05) is 59.5 Å². The van der Waals surface area contributed by atoms with E-state index in [4.69, 9.17) is 0 Å². The Morgan fingerprint density at radius 3 is 2.38 bits per heavy atom. The number of hydrogen-bond donors (Lipinski definition) is 0. The van der Waals surface area contributed by atoms with E-state index in [1.165, 1.54) is 6.42 Å². The van der Waals surface area contributed by atoms with Crippen LogP contribution in [0.2, 0.25) is 0 Å². The highest BCUT2D eigenvalue weighted by Crippen LogP contribution is 2.33. The Morgan fingerprint density at radius 2 is 1.62 bits per heavy atom. The Labute approximate surface area is 154 Å². The van der Waals surface area contributed by atoms with Crippen LogP contribution in [-0.4, -0.2) is 34.7 Å². The predicted molar refractivity (Wildman–Crippen MR) is 100 cm³/mol. The molecule has 2 amide bonds. The summed E-state index contributed by atoms with van der Waals surface area (Å²) in [7, 11) is 0. The van der Waals surface area contributed by atoms with Gasteiger partial charge in [0, 0.05) is 19.6 Å². The fourth-order valence-corrected chi connectivity index (χ4v) is 4.05. The Bertz CT molecular complexity index is 797. The largest absolute Gasteiger partial charge is 0.341 e. The minimum atomic E-state index is -0.509. The molecule has 1 fully saturated rings. The number of amides is 2. The van der Waals surface area contributed by atoms with Crippen molar-refractivity contribution in [2.75, 3.05) is 13.1 Å². The molecule has 2 aromatic rings. The van der Waals surface area contributed by atoms with Crippen LogP contribution in [0.1, 0.15) is 42.0 Å². The van der Waals surface area contributed by atoms with Gasteiger partial charge in [-0.25, -0.2) is 0 Å². The first-order valence-corrected chi connectivity index (χ1v) is 9.44. The molecule has 0 N–H and O–H groups in total. The smallest absolute Gasteiger partial charge is 0.250 e. The van der Waals surface area contributed by atoms with Crippen LogP contribution in [0.3, 0.4) is 0 Å².